The summed E-state index contributed by atoms with van der Waals surface area (Å²) < 4.78 is 0. The molecule has 0 radical (unpaired) electrons. The Hall–Kier alpha value is 1.22. The molecular weight excluding hydrogens is 236 g/mol. The standard InChI is InChI=1S/C15H32O.Ca.2H/c1-2-3-4-5-6-7-8-9-10-11-12-13-14-15-16;;;/h16H,2-15H2,1H3;;;. The summed E-state index contributed by atoms with van der Waals surface area (Å²) >= 11 is 0. The number of hydrogen-bond acceptors (Lipinski definition) is 1. The molecule has 2 heteroatoms. The first kappa shape index (κ1) is 20.5. The fourth-order valence-corrected chi connectivity index (χ4v) is 2.13. The van der Waals surface area contributed by atoms with Gasteiger partial charge in [0.15, 0.2) is 0 Å². The van der Waals surface area contributed by atoms with Crippen LogP contribution in [0.4, 0.5) is 0 Å². The van der Waals surface area contributed by atoms with Crippen LogP contribution in [-0.2, 0) is 0 Å². The van der Waals surface area contributed by atoms with E-state index in [4.69, 9.17) is 5.11 Å². The SMILES string of the molecule is CCCCCCCCCCCCCCCO.[CaH2]. The van der Waals surface area contributed by atoms with Gasteiger partial charge in [-0.1, -0.05) is 84.0 Å². The van der Waals surface area contributed by atoms with Crippen molar-refractivity contribution >= 4 is 37.7 Å². The van der Waals surface area contributed by atoms with Gasteiger partial charge in [-0.3, -0.25) is 0 Å². The summed E-state index contributed by atoms with van der Waals surface area (Å²) in [5, 5.41) is 8.63. The molecule has 0 spiro atoms. The van der Waals surface area contributed by atoms with Gasteiger partial charge in [0.25, 0.3) is 0 Å². The zero-order valence-electron chi connectivity index (χ0n) is 11.3. The molecule has 0 saturated heterocycles. The number of unbranched alkanes of at least 4 members (excludes halogenated alkanes) is 12. The summed E-state index contributed by atoms with van der Waals surface area (Å²) in [6.07, 6.45) is 17.7. The maximum absolute atomic E-state index is 8.63. The van der Waals surface area contributed by atoms with Gasteiger partial charge in [0.1, 0.15) is 0 Å². The van der Waals surface area contributed by atoms with Gasteiger partial charge in [0, 0.05) is 6.61 Å². The Morgan fingerprint density at radius 1 is 0.529 bits per heavy atom. The van der Waals surface area contributed by atoms with Gasteiger partial charge >= 0.3 is 37.7 Å². The fraction of sp³-hybridized carbons (Fsp3) is 1.00. The predicted molar refractivity (Wildman–Crippen MR) is 81.3 cm³/mol. The molecule has 0 heterocycles. The Balaban J connectivity index is 0. The molecule has 0 rings (SSSR count). The minimum absolute atomic E-state index is 0. The predicted octanol–water partition coefficient (Wildman–Crippen LogP) is 4.15. The number of rotatable bonds is 13. The summed E-state index contributed by atoms with van der Waals surface area (Å²) in [6.45, 7) is 2.65. The molecule has 0 saturated carbocycles. The van der Waals surface area contributed by atoms with E-state index in [0.717, 1.165) is 6.42 Å². The number of hydrogen-bond donors (Lipinski definition) is 1. The fourth-order valence-electron chi connectivity index (χ4n) is 2.13. The molecule has 0 bridgehead atoms. The molecule has 0 aliphatic rings. The van der Waals surface area contributed by atoms with Crippen molar-refractivity contribution in [2.45, 2.75) is 90.4 Å². The van der Waals surface area contributed by atoms with E-state index in [2.05, 4.69) is 6.92 Å². The molecule has 0 unspecified atom stereocenters. The van der Waals surface area contributed by atoms with Crippen LogP contribution >= 0.6 is 0 Å². The van der Waals surface area contributed by atoms with Gasteiger partial charge in [0.05, 0.1) is 0 Å². The Bertz CT molecular complexity index is 103. The van der Waals surface area contributed by atoms with Crippen LogP contribution in [0.5, 0.6) is 0 Å². The molecule has 0 aromatic heterocycles. The molecule has 0 aliphatic carbocycles. The van der Waals surface area contributed by atoms with Gasteiger partial charge in [-0.2, -0.15) is 0 Å². The Kier molecular flexibility index (Phi) is 23.6. The van der Waals surface area contributed by atoms with Gasteiger partial charge in [-0.15, -0.1) is 0 Å². The van der Waals surface area contributed by atoms with Crippen LogP contribution in [0.1, 0.15) is 90.4 Å². The molecule has 17 heavy (non-hydrogen) atoms. The Morgan fingerprint density at radius 3 is 1.12 bits per heavy atom. The first-order chi connectivity index (χ1) is 7.91. The van der Waals surface area contributed by atoms with E-state index < -0.39 is 0 Å². The average molecular weight is 271 g/mol. The third-order valence-corrected chi connectivity index (χ3v) is 3.26. The average Bonchev–Trinajstić information content (AvgIpc) is 2.31. The molecule has 102 valence electrons. The normalized spacial score (nSPS) is 10.2. The molecule has 1 nitrogen and oxygen atoms in total. The summed E-state index contributed by atoms with van der Waals surface area (Å²) in [6, 6.07) is 0. The van der Waals surface area contributed by atoms with Crippen LogP contribution in [0.25, 0.3) is 0 Å². The van der Waals surface area contributed by atoms with Gasteiger partial charge < -0.3 is 5.11 Å². The van der Waals surface area contributed by atoms with Crippen LogP contribution in [0.15, 0.2) is 0 Å². The second-order valence-corrected chi connectivity index (χ2v) is 4.97. The molecule has 0 aliphatic heterocycles. The van der Waals surface area contributed by atoms with Crippen LogP contribution in [0.3, 0.4) is 0 Å². The molecular formula is C15H34CaO. The minimum atomic E-state index is 0. The summed E-state index contributed by atoms with van der Waals surface area (Å²) in [5.74, 6) is 0. The molecule has 0 fully saturated rings. The van der Waals surface area contributed by atoms with Crippen molar-refractivity contribution < 1.29 is 5.11 Å². The summed E-state index contributed by atoms with van der Waals surface area (Å²) in [4.78, 5) is 0. The Labute approximate surface area is 139 Å². The van der Waals surface area contributed by atoms with E-state index in [9.17, 15) is 0 Å². The molecule has 0 aromatic carbocycles. The van der Waals surface area contributed by atoms with Crippen LogP contribution in [0.2, 0.25) is 0 Å². The third kappa shape index (κ3) is 19.7. The zero-order valence-corrected chi connectivity index (χ0v) is 11.3. The van der Waals surface area contributed by atoms with E-state index in [1.165, 1.54) is 77.0 Å². The zero-order chi connectivity index (χ0) is 11.9. The van der Waals surface area contributed by atoms with Crippen molar-refractivity contribution in [3.63, 3.8) is 0 Å². The molecule has 1 N–H and O–H groups in total. The second kappa shape index (κ2) is 19.6. The van der Waals surface area contributed by atoms with Gasteiger partial charge in [0.2, 0.25) is 0 Å². The van der Waals surface area contributed by atoms with E-state index in [1.807, 2.05) is 0 Å². The first-order valence-electron chi connectivity index (χ1n) is 7.52. The van der Waals surface area contributed by atoms with Crippen molar-refractivity contribution in [1.29, 1.82) is 0 Å². The van der Waals surface area contributed by atoms with Crippen molar-refractivity contribution in [1.82, 2.24) is 0 Å². The monoisotopic (exact) mass is 270 g/mol. The van der Waals surface area contributed by atoms with Gasteiger partial charge in [-0.25, -0.2) is 0 Å². The quantitative estimate of drug-likeness (QED) is 0.394. The van der Waals surface area contributed by atoms with Crippen molar-refractivity contribution in [3.8, 4) is 0 Å². The van der Waals surface area contributed by atoms with E-state index in [-0.39, 0.29) is 37.7 Å². The van der Waals surface area contributed by atoms with E-state index in [0.29, 0.717) is 6.61 Å². The summed E-state index contributed by atoms with van der Waals surface area (Å²) in [7, 11) is 0. The molecule has 0 amide bonds. The first-order valence-corrected chi connectivity index (χ1v) is 7.52. The maximum atomic E-state index is 8.63. The van der Waals surface area contributed by atoms with Crippen LogP contribution < -0.4 is 0 Å². The van der Waals surface area contributed by atoms with E-state index in [1.54, 1.807) is 0 Å². The third-order valence-electron chi connectivity index (χ3n) is 3.26. The van der Waals surface area contributed by atoms with Crippen molar-refractivity contribution in [2.75, 3.05) is 6.61 Å². The van der Waals surface area contributed by atoms with Crippen LogP contribution in [-0.4, -0.2) is 49.5 Å². The van der Waals surface area contributed by atoms with Crippen molar-refractivity contribution in [3.05, 3.63) is 0 Å². The van der Waals surface area contributed by atoms with Crippen LogP contribution in [0, 0.1) is 0 Å². The number of aliphatic hydroxyl groups excluding tert-OH is 1. The summed E-state index contributed by atoms with van der Waals surface area (Å²) in [5.41, 5.74) is 0. The Morgan fingerprint density at radius 2 is 0.824 bits per heavy atom. The van der Waals surface area contributed by atoms with E-state index >= 15 is 0 Å². The molecule has 0 atom stereocenters. The van der Waals surface area contributed by atoms with Crippen molar-refractivity contribution in [2.24, 2.45) is 0 Å². The van der Waals surface area contributed by atoms with Gasteiger partial charge in [-0.05, 0) is 6.42 Å². The second-order valence-electron chi connectivity index (χ2n) is 4.97. The molecule has 0 aromatic rings. The topological polar surface area (TPSA) is 20.2 Å². The number of aliphatic hydroxyl groups is 1.